The first kappa shape index (κ1) is 28.2. The standard InChI is InChI=1S/C32H35F3N2O3/c1-39-31(32(33,34)35,25-12-6-3-7-13-25)29(38)37-20-17-30(18-21-37)16-19-36-22-27(30)26-14-8-9-15-28(26)40-23-24-10-4-2-5-11-24/h2-15,27,36H,16-23H2,1H3/t27-,31+/m0/s1. The summed E-state index contributed by atoms with van der Waals surface area (Å²) in [4.78, 5) is 15.0. The van der Waals surface area contributed by atoms with Crippen molar-refractivity contribution < 1.29 is 27.4 Å². The molecule has 2 aliphatic heterocycles. The Kier molecular flexibility index (Phi) is 8.19. The van der Waals surface area contributed by atoms with Crippen LogP contribution in [-0.4, -0.2) is 50.3 Å². The number of hydrogen-bond donors (Lipinski definition) is 1. The fraction of sp³-hybridized carbons (Fsp3) is 0.406. The van der Waals surface area contributed by atoms with Crippen LogP contribution in [0.15, 0.2) is 84.9 Å². The minimum Gasteiger partial charge on any atom is -0.489 e. The summed E-state index contributed by atoms with van der Waals surface area (Å²) in [6.07, 6.45) is -2.84. The van der Waals surface area contributed by atoms with Crippen LogP contribution in [0.3, 0.4) is 0 Å². The number of ether oxygens (including phenoxy) is 2. The van der Waals surface area contributed by atoms with Gasteiger partial charge in [0, 0.05) is 38.2 Å². The normalized spacial score (nSPS) is 20.6. The zero-order valence-electron chi connectivity index (χ0n) is 22.6. The highest BCUT2D eigenvalue weighted by Gasteiger charge is 2.64. The zero-order valence-corrected chi connectivity index (χ0v) is 22.6. The minimum absolute atomic E-state index is 0.106. The monoisotopic (exact) mass is 552 g/mol. The minimum atomic E-state index is -4.92. The van der Waals surface area contributed by atoms with Crippen molar-refractivity contribution in [3.05, 3.63) is 102 Å². The van der Waals surface area contributed by atoms with Crippen molar-refractivity contribution in [1.82, 2.24) is 10.2 Å². The van der Waals surface area contributed by atoms with Crippen LogP contribution in [-0.2, 0) is 21.7 Å². The second kappa shape index (κ2) is 11.6. The topological polar surface area (TPSA) is 50.8 Å². The number of nitrogens with zero attached hydrogens (tertiary/aromatic N) is 1. The molecule has 3 aromatic carbocycles. The van der Waals surface area contributed by atoms with Gasteiger partial charge < -0.3 is 19.7 Å². The highest BCUT2D eigenvalue weighted by atomic mass is 19.4. The van der Waals surface area contributed by atoms with Gasteiger partial charge in [-0.05, 0) is 48.4 Å². The summed E-state index contributed by atoms with van der Waals surface area (Å²) in [7, 11) is 0.957. The number of benzene rings is 3. The van der Waals surface area contributed by atoms with E-state index in [-0.39, 0.29) is 30.0 Å². The number of carbonyl (C=O) groups is 1. The molecule has 1 amide bonds. The molecule has 2 heterocycles. The van der Waals surface area contributed by atoms with Crippen LogP contribution in [0.2, 0.25) is 0 Å². The van der Waals surface area contributed by atoms with E-state index in [1.54, 1.807) is 6.07 Å². The number of amides is 1. The van der Waals surface area contributed by atoms with Crippen LogP contribution in [0, 0.1) is 5.41 Å². The van der Waals surface area contributed by atoms with Gasteiger partial charge in [-0.15, -0.1) is 0 Å². The van der Waals surface area contributed by atoms with Crippen molar-refractivity contribution in [2.24, 2.45) is 5.41 Å². The third-order valence-corrected chi connectivity index (χ3v) is 8.65. The van der Waals surface area contributed by atoms with Gasteiger partial charge in [-0.3, -0.25) is 4.79 Å². The lowest BCUT2D eigenvalue weighted by atomic mass is 9.62. The number of alkyl halides is 3. The van der Waals surface area contributed by atoms with Gasteiger partial charge in [-0.2, -0.15) is 13.2 Å². The third kappa shape index (κ3) is 5.22. The molecule has 8 heteroatoms. The molecule has 0 saturated carbocycles. The maximum atomic E-state index is 14.5. The van der Waals surface area contributed by atoms with Crippen molar-refractivity contribution in [2.45, 2.75) is 43.6 Å². The van der Waals surface area contributed by atoms with E-state index in [0.717, 1.165) is 43.5 Å². The first-order valence-corrected chi connectivity index (χ1v) is 13.7. The van der Waals surface area contributed by atoms with Gasteiger partial charge in [-0.25, -0.2) is 0 Å². The molecule has 1 N–H and O–H groups in total. The molecule has 2 fully saturated rings. The lowest BCUT2D eigenvalue weighted by Crippen LogP contribution is -2.59. The van der Waals surface area contributed by atoms with Crippen molar-refractivity contribution in [3.63, 3.8) is 0 Å². The maximum absolute atomic E-state index is 14.5. The number of rotatable bonds is 7. The Morgan fingerprint density at radius 1 is 0.925 bits per heavy atom. The van der Waals surface area contributed by atoms with Crippen molar-refractivity contribution in [3.8, 4) is 5.75 Å². The fourth-order valence-corrected chi connectivity index (χ4v) is 6.43. The van der Waals surface area contributed by atoms with E-state index in [0.29, 0.717) is 19.4 Å². The molecule has 0 bridgehead atoms. The number of hydrogen-bond acceptors (Lipinski definition) is 4. The molecule has 0 aliphatic carbocycles. The molecule has 0 radical (unpaired) electrons. The first-order chi connectivity index (χ1) is 19.3. The number of halogens is 3. The molecule has 2 aliphatic rings. The van der Waals surface area contributed by atoms with Crippen LogP contribution in [0.5, 0.6) is 5.75 Å². The maximum Gasteiger partial charge on any atom is 0.430 e. The highest BCUT2D eigenvalue weighted by Crippen LogP contribution is 2.51. The summed E-state index contributed by atoms with van der Waals surface area (Å²) in [5.74, 6) is -0.132. The molecule has 2 atom stereocenters. The number of para-hydroxylation sites is 1. The smallest absolute Gasteiger partial charge is 0.430 e. The Morgan fingerprint density at radius 3 is 2.20 bits per heavy atom. The number of likely N-dealkylation sites (tertiary alicyclic amines) is 1. The van der Waals surface area contributed by atoms with Crippen LogP contribution in [0.25, 0.3) is 0 Å². The lowest BCUT2D eigenvalue weighted by molar-refractivity contribution is -0.271. The Labute approximate surface area is 233 Å². The average molecular weight is 553 g/mol. The predicted molar refractivity (Wildman–Crippen MR) is 147 cm³/mol. The van der Waals surface area contributed by atoms with E-state index < -0.39 is 17.7 Å². The first-order valence-electron chi connectivity index (χ1n) is 13.7. The molecule has 212 valence electrons. The molecular weight excluding hydrogens is 517 g/mol. The van der Waals surface area contributed by atoms with Gasteiger partial charge in [0.1, 0.15) is 12.4 Å². The van der Waals surface area contributed by atoms with Gasteiger partial charge in [0.25, 0.3) is 11.5 Å². The third-order valence-electron chi connectivity index (χ3n) is 8.65. The summed E-state index contributed by atoms with van der Waals surface area (Å²) in [6.45, 7) is 2.48. The highest BCUT2D eigenvalue weighted by molar-refractivity contribution is 5.88. The van der Waals surface area contributed by atoms with Crippen LogP contribution in [0.4, 0.5) is 13.2 Å². The second-order valence-electron chi connectivity index (χ2n) is 10.7. The molecular formula is C32H35F3N2O3. The molecule has 5 nitrogen and oxygen atoms in total. The van der Waals surface area contributed by atoms with Crippen molar-refractivity contribution >= 4 is 5.91 Å². The van der Waals surface area contributed by atoms with Crippen LogP contribution < -0.4 is 10.1 Å². The summed E-state index contributed by atoms with van der Waals surface area (Å²) < 4.78 is 55.0. The van der Waals surface area contributed by atoms with Crippen molar-refractivity contribution in [2.75, 3.05) is 33.3 Å². The molecule has 40 heavy (non-hydrogen) atoms. The quantitative estimate of drug-likeness (QED) is 0.388. The van der Waals surface area contributed by atoms with Gasteiger partial charge in [0.15, 0.2) is 0 Å². The van der Waals surface area contributed by atoms with E-state index in [1.165, 1.54) is 29.2 Å². The lowest BCUT2D eigenvalue weighted by Gasteiger charge is -2.51. The molecule has 5 rings (SSSR count). The Morgan fingerprint density at radius 2 is 1.55 bits per heavy atom. The summed E-state index contributed by atoms with van der Waals surface area (Å²) in [5.41, 5.74) is -1.24. The predicted octanol–water partition coefficient (Wildman–Crippen LogP) is 6.06. The number of nitrogens with one attached hydrogen (secondary N) is 1. The number of methoxy groups -OCH3 is 1. The number of carbonyl (C=O) groups excluding carboxylic acids is 1. The molecule has 3 aromatic rings. The van der Waals surface area contributed by atoms with E-state index in [1.807, 2.05) is 48.5 Å². The van der Waals surface area contributed by atoms with E-state index in [9.17, 15) is 18.0 Å². The molecule has 2 saturated heterocycles. The average Bonchev–Trinajstić information content (AvgIpc) is 2.98. The second-order valence-corrected chi connectivity index (χ2v) is 10.7. The van der Waals surface area contributed by atoms with Crippen LogP contribution >= 0.6 is 0 Å². The Balaban J connectivity index is 1.37. The summed E-state index contributed by atoms with van der Waals surface area (Å²) in [6, 6.07) is 25.2. The molecule has 0 aromatic heterocycles. The Hall–Kier alpha value is -3.36. The summed E-state index contributed by atoms with van der Waals surface area (Å²) >= 11 is 0. The van der Waals surface area contributed by atoms with E-state index in [2.05, 4.69) is 11.4 Å². The van der Waals surface area contributed by atoms with E-state index in [4.69, 9.17) is 9.47 Å². The Bertz CT molecular complexity index is 1280. The van der Waals surface area contributed by atoms with Gasteiger partial charge in [0.2, 0.25) is 0 Å². The zero-order chi connectivity index (χ0) is 28.2. The van der Waals surface area contributed by atoms with Gasteiger partial charge in [-0.1, -0.05) is 78.9 Å². The fourth-order valence-electron chi connectivity index (χ4n) is 6.43. The van der Waals surface area contributed by atoms with Gasteiger partial charge in [0.05, 0.1) is 0 Å². The number of piperidine rings is 2. The molecule has 1 spiro atoms. The summed E-state index contributed by atoms with van der Waals surface area (Å²) in [5, 5.41) is 3.51. The largest absolute Gasteiger partial charge is 0.489 e. The van der Waals surface area contributed by atoms with Crippen LogP contribution in [0.1, 0.15) is 41.9 Å². The van der Waals surface area contributed by atoms with Crippen molar-refractivity contribution in [1.29, 1.82) is 0 Å². The van der Waals surface area contributed by atoms with Gasteiger partial charge >= 0.3 is 6.18 Å². The molecule has 0 unspecified atom stereocenters. The SMILES string of the molecule is CO[C@@](C(=O)N1CCC2(CCNC[C@H]2c2ccccc2OCc2ccccc2)CC1)(c1ccccc1)C(F)(F)F. The van der Waals surface area contributed by atoms with E-state index >= 15 is 0 Å².